The first-order valence-corrected chi connectivity index (χ1v) is 6.84. The number of aliphatic hydroxyl groups excluding tert-OH is 1. The number of carbonyl (C=O) groups is 2. The summed E-state index contributed by atoms with van der Waals surface area (Å²) < 4.78 is 5.05. The van der Waals surface area contributed by atoms with Gasteiger partial charge < -0.3 is 14.9 Å². The quantitative estimate of drug-likeness (QED) is 0.672. The summed E-state index contributed by atoms with van der Waals surface area (Å²) in [5, 5.41) is 19.8. The second kappa shape index (κ2) is 5.81. The first-order valence-electron chi connectivity index (χ1n) is 6.84. The van der Waals surface area contributed by atoms with E-state index in [1.54, 1.807) is 60.7 Å². The number of ether oxygens (including phenoxy) is 1. The zero-order valence-corrected chi connectivity index (χ0v) is 11.9. The van der Waals surface area contributed by atoms with Crippen molar-refractivity contribution in [3.63, 3.8) is 0 Å². The Morgan fingerprint density at radius 3 is 2.04 bits per heavy atom. The summed E-state index contributed by atoms with van der Waals surface area (Å²) >= 11 is 0. The van der Waals surface area contributed by atoms with Crippen molar-refractivity contribution >= 4 is 23.1 Å². The van der Waals surface area contributed by atoms with Crippen molar-refractivity contribution < 1.29 is 24.5 Å². The molecule has 0 aliphatic carbocycles. The van der Waals surface area contributed by atoms with E-state index in [0.29, 0.717) is 11.1 Å². The Morgan fingerprint density at radius 1 is 0.913 bits per heavy atom. The Hall–Kier alpha value is -3.34. The van der Waals surface area contributed by atoms with Gasteiger partial charge in [0.05, 0.1) is 0 Å². The van der Waals surface area contributed by atoms with Crippen molar-refractivity contribution in [2.75, 3.05) is 0 Å². The number of carboxylic acid groups (broad SMARTS) is 1. The van der Waals surface area contributed by atoms with Crippen LogP contribution in [0.2, 0.25) is 0 Å². The molecule has 0 bridgehead atoms. The van der Waals surface area contributed by atoms with Crippen molar-refractivity contribution in [3.05, 3.63) is 83.3 Å². The van der Waals surface area contributed by atoms with Crippen LogP contribution in [0.25, 0.3) is 11.1 Å². The molecule has 0 spiro atoms. The molecule has 5 nitrogen and oxygen atoms in total. The highest BCUT2D eigenvalue weighted by Gasteiger charge is 2.35. The minimum atomic E-state index is -1.29. The largest absolute Gasteiger partial charge is 0.504 e. The maximum atomic E-state index is 12.1. The summed E-state index contributed by atoms with van der Waals surface area (Å²) in [6.45, 7) is 0. The SMILES string of the molecule is O=C1O/C(=C(\C(=O)O)c2ccccc2)C(O)=C1c1ccccc1. The van der Waals surface area contributed by atoms with Gasteiger partial charge in [0.15, 0.2) is 11.5 Å². The van der Waals surface area contributed by atoms with Crippen LogP contribution in [0, 0.1) is 0 Å². The molecule has 0 unspecified atom stereocenters. The Labute approximate surface area is 131 Å². The van der Waals surface area contributed by atoms with E-state index in [2.05, 4.69) is 0 Å². The standard InChI is InChI=1S/C18H12O5/c19-15-13(11-7-3-1-4-8-11)18(22)23-16(15)14(17(20)21)12-9-5-2-6-10-12/h1-10,19H,(H,20,21)/b16-14-. The molecule has 1 aliphatic rings. The number of benzene rings is 2. The van der Waals surface area contributed by atoms with Crippen LogP contribution in [-0.2, 0) is 14.3 Å². The highest BCUT2D eigenvalue weighted by molar-refractivity contribution is 6.24. The van der Waals surface area contributed by atoms with Gasteiger partial charge in [0.2, 0.25) is 0 Å². The normalized spacial score (nSPS) is 16.3. The van der Waals surface area contributed by atoms with E-state index in [4.69, 9.17) is 4.74 Å². The minimum Gasteiger partial charge on any atom is -0.504 e. The van der Waals surface area contributed by atoms with Gasteiger partial charge in [-0.05, 0) is 11.1 Å². The van der Waals surface area contributed by atoms with E-state index in [1.165, 1.54) is 0 Å². The third kappa shape index (κ3) is 2.60. The Kier molecular flexibility index (Phi) is 3.68. The Morgan fingerprint density at radius 2 is 1.48 bits per heavy atom. The molecule has 2 N–H and O–H groups in total. The average Bonchev–Trinajstić information content (AvgIpc) is 2.84. The fraction of sp³-hybridized carbons (Fsp3) is 0. The summed E-state index contributed by atoms with van der Waals surface area (Å²) in [5.41, 5.74) is 0.490. The molecule has 23 heavy (non-hydrogen) atoms. The number of cyclic esters (lactones) is 1. The number of aliphatic hydroxyl groups is 1. The molecule has 1 heterocycles. The van der Waals surface area contributed by atoms with Crippen LogP contribution in [0.3, 0.4) is 0 Å². The van der Waals surface area contributed by atoms with Crippen molar-refractivity contribution in [2.45, 2.75) is 0 Å². The molecular weight excluding hydrogens is 296 g/mol. The maximum absolute atomic E-state index is 12.1. The lowest BCUT2D eigenvalue weighted by molar-refractivity contribution is -0.131. The third-order valence-electron chi connectivity index (χ3n) is 3.42. The molecule has 0 atom stereocenters. The molecule has 0 saturated carbocycles. The van der Waals surface area contributed by atoms with E-state index in [1.807, 2.05) is 0 Å². The van der Waals surface area contributed by atoms with Crippen LogP contribution in [0.4, 0.5) is 0 Å². The topological polar surface area (TPSA) is 83.8 Å². The lowest BCUT2D eigenvalue weighted by atomic mass is 10.0. The van der Waals surface area contributed by atoms with Gasteiger partial charge in [-0.1, -0.05) is 60.7 Å². The Balaban J connectivity index is 2.21. The zero-order valence-electron chi connectivity index (χ0n) is 11.9. The third-order valence-corrected chi connectivity index (χ3v) is 3.42. The number of carbonyl (C=O) groups excluding carboxylic acids is 1. The van der Waals surface area contributed by atoms with Crippen molar-refractivity contribution in [1.82, 2.24) is 0 Å². The predicted octanol–water partition coefficient (Wildman–Crippen LogP) is 3.01. The van der Waals surface area contributed by atoms with E-state index in [-0.39, 0.29) is 16.9 Å². The van der Waals surface area contributed by atoms with Crippen molar-refractivity contribution in [3.8, 4) is 0 Å². The number of esters is 1. The molecule has 114 valence electrons. The van der Waals surface area contributed by atoms with E-state index in [9.17, 15) is 19.8 Å². The molecule has 0 fully saturated rings. The molecule has 1 aliphatic heterocycles. The minimum absolute atomic E-state index is 0.0460. The fourth-order valence-electron chi connectivity index (χ4n) is 2.39. The zero-order chi connectivity index (χ0) is 16.4. The van der Waals surface area contributed by atoms with Crippen LogP contribution in [0.15, 0.2) is 72.2 Å². The maximum Gasteiger partial charge on any atom is 0.348 e. The van der Waals surface area contributed by atoms with Gasteiger partial charge in [-0.25, -0.2) is 9.59 Å². The summed E-state index contributed by atoms with van der Waals surface area (Å²) in [7, 11) is 0. The number of hydrogen-bond acceptors (Lipinski definition) is 4. The monoisotopic (exact) mass is 308 g/mol. The van der Waals surface area contributed by atoms with Crippen LogP contribution in [0.5, 0.6) is 0 Å². The molecule has 2 aromatic carbocycles. The molecule has 0 radical (unpaired) electrons. The van der Waals surface area contributed by atoms with Crippen LogP contribution in [-0.4, -0.2) is 22.2 Å². The Bertz CT molecular complexity index is 832. The lowest BCUT2D eigenvalue weighted by Crippen LogP contribution is -2.06. The van der Waals surface area contributed by atoms with Gasteiger partial charge in [-0.15, -0.1) is 0 Å². The summed E-state index contributed by atoms with van der Waals surface area (Å²) in [5.74, 6) is -2.88. The molecule has 0 aromatic heterocycles. The van der Waals surface area contributed by atoms with E-state index in [0.717, 1.165) is 0 Å². The summed E-state index contributed by atoms with van der Waals surface area (Å²) in [6.07, 6.45) is 0. The van der Waals surface area contributed by atoms with Gasteiger partial charge in [-0.2, -0.15) is 0 Å². The molecular formula is C18H12O5. The van der Waals surface area contributed by atoms with Crippen LogP contribution in [0.1, 0.15) is 11.1 Å². The highest BCUT2D eigenvalue weighted by Crippen LogP contribution is 2.36. The van der Waals surface area contributed by atoms with Gasteiger partial charge in [0, 0.05) is 0 Å². The van der Waals surface area contributed by atoms with Gasteiger partial charge in [0.25, 0.3) is 0 Å². The first kappa shape index (κ1) is 14.6. The van der Waals surface area contributed by atoms with Crippen molar-refractivity contribution in [2.24, 2.45) is 0 Å². The number of rotatable bonds is 3. The molecule has 2 aromatic rings. The molecule has 0 amide bonds. The van der Waals surface area contributed by atoms with E-state index < -0.39 is 17.7 Å². The van der Waals surface area contributed by atoms with Crippen LogP contribution >= 0.6 is 0 Å². The van der Waals surface area contributed by atoms with E-state index >= 15 is 0 Å². The molecule has 3 rings (SSSR count). The first-order chi connectivity index (χ1) is 11.1. The number of hydrogen-bond donors (Lipinski definition) is 2. The highest BCUT2D eigenvalue weighted by atomic mass is 16.6. The van der Waals surface area contributed by atoms with Gasteiger partial charge >= 0.3 is 11.9 Å². The second-order valence-electron chi connectivity index (χ2n) is 4.85. The van der Waals surface area contributed by atoms with Gasteiger partial charge in [-0.3, -0.25) is 0 Å². The van der Waals surface area contributed by atoms with Gasteiger partial charge in [0.1, 0.15) is 11.1 Å². The smallest absolute Gasteiger partial charge is 0.348 e. The van der Waals surface area contributed by atoms with Crippen LogP contribution < -0.4 is 0 Å². The number of carboxylic acids is 1. The average molecular weight is 308 g/mol. The fourth-order valence-corrected chi connectivity index (χ4v) is 2.39. The lowest BCUT2D eigenvalue weighted by Gasteiger charge is -2.06. The summed E-state index contributed by atoms with van der Waals surface area (Å²) in [6, 6.07) is 16.7. The molecule has 5 heteroatoms. The molecule has 0 saturated heterocycles. The number of aliphatic carboxylic acids is 1. The summed E-state index contributed by atoms with van der Waals surface area (Å²) in [4.78, 5) is 23.7. The van der Waals surface area contributed by atoms with Crippen molar-refractivity contribution in [1.29, 1.82) is 0 Å². The predicted molar refractivity (Wildman–Crippen MR) is 83.1 cm³/mol. The second-order valence-corrected chi connectivity index (χ2v) is 4.85.